The lowest BCUT2D eigenvalue weighted by molar-refractivity contribution is 0.229. The molecule has 0 bridgehead atoms. The van der Waals surface area contributed by atoms with Crippen LogP contribution in [0.3, 0.4) is 0 Å². The smallest absolute Gasteiger partial charge is 0.00949 e. The van der Waals surface area contributed by atoms with Gasteiger partial charge in [0.2, 0.25) is 0 Å². The summed E-state index contributed by atoms with van der Waals surface area (Å²) >= 11 is 0. The van der Waals surface area contributed by atoms with Gasteiger partial charge in [0.15, 0.2) is 0 Å². The van der Waals surface area contributed by atoms with Crippen LogP contribution < -0.4 is 0 Å². The molecule has 4 atom stereocenters. The zero-order valence-corrected chi connectivity index (χ0v) is 9.29. The van der Waals surface area contributed by atoms with Crippen molar-refractivity contribution in [3.05, 3.63) is 0 Å². The van der Waals surface area contributed by atoms with Crippen molar-refractivity contribution < 1.29 is 0 Å². The Morgan fingerprint density at radius 2 is 1.85 bits per heavy atom. The zero-order valence-electron chi connectivity index (χ0n) is 9.29. The van der Waals surface area contributed by atoms with Gasteiger partial charge in [-0.15, -0.1) is 0 Å². The molecular formula is C12H23N. The summed E-state index contributed by atoms with van der Waals surface area (Å²) < 4.78 is 0. The van der Waals surface area contributed by atoms with Crippen molar-refractivity contribution in [1.29, 1.82) is 0 Å². The van der Waals surface area contributed by atoms with Crippen molar-refractivity contribution in [2.24, 2.45) is 17.8 Å². The molecule has 2 aliphatic rings. The van der Waals surface area contributed by atoms with Crippen LogP contribution in [0.15, 0.2) is 0 Å². The second-order valence-corrected chi connectivity index (χ2v) is 5.48. The fourth-order valence-corrected chi connectivity index (χ4v) is 2.75. The monoisotopic (exact) mass is 181 g/mol. The first-order valence-corrected chi connectivity index (χ1v) is 5.87. The molecule has 13 heavy (non-hydrogen) atoms. The van der Waals surface area contributed by atoms with Crippen LogP contribution in [0.1, 0.15) is 39.5 Å². The molecule has 0 amide bonds. The molecule has 4 unspecified atom stereocenters. The van der Waals surface area contributed by atoms with Gasteiger partial charge in [0.05, 0.1) is 0 Å². The van der Waals surface area contributed by atoms with Gasteiger partial charge in [-0.3, -0.25) is 0 Å². The van der Waals surface area contributed by atoms with Crippen molar-refractivity contribution >= 4 is 0 Å². The first kappa shape index (κ1) is 9.51. The van der Waals surface area contributed by atoms with Gasteiger partial charge >= 0.3 is 0 Å². The number of rotatable bonds is 3. The van der Waals surface area contributed by atoms with Crippen molar-refractivity contribution in [2.45, 2.75) is 45.6 Å². The number of hydrogen-bond acceptors (Lipinski definition) is 1. The lowest BCUT2D eigenvalue weighted by Crippen LogP contribution is -2.31. The minimum atomic E-state index is 0.905. The van der Waals surface area contributed by atoms with Crippen molar-refractivity contribution in [3.8, 4) is 0 Å². The summed E-state index contributed by atoms with van der Waals surface area (Å²) in [4.78, 5) is 2.62. The molecule has 0 spiro atoms. The Labute approximate surface area is 82.5 Å². The topological polar surface area (TPSA) is 3.24 Å². The van der Waals surface area contributed by atoms with E-state index >= 15 is 0 Å². The minimum absolute atomic E-state index is 0.905. The first-order chi connectivity index (χ1) is 6.16. The average Bonchev–Trinajstić information content (AvgIpc) is 2.62. The number of hydrogen-bond donors (Lipinski definition) is 0. The molecule has 0 aromatic rings. The maximum Gasteiger partial charge on any atom is 0.00949 e. The van der Waals surface area contributed by atoms with Gasteiger partial charge in [0.25, 0.3) is 0 Å². The second-order valence-electron chi connectivity index (χ2n) is 5.48. The molecule has 0 aromatic heterocycles. The molecule has 0 N–H and O–H groups in total. The quantitative estimate of drug-likeness (QED) is 0.647. The highest BCUT2D eigenvalue weighted by molar-refractivity contribution is 4.87. The van der Waals surface area contributed by atoms with E-state index < -0.39 is 0 Å². The molecule has 0 saturated heterocycles. The molecule has 76 valence electrons. The van der Waals surface area contributed by atoms with Gasteiger partial charge in [-0.2, -0.15) is 0 Å². The molecule has 2 fully saturated rings. The molecule has 0 aliphatic heterocycles. The highest BCUT2D eigenvalue weighted by atomic mass is 15.1. The van der Waals surface area contributed by atoms with E-state index in [0.717, 1.165) is 23.8 Å². The van der Waals surface area contributed by atoms with Gasteiger partial charge in [-0.1, -0.05) is 13.8 Å². The van der Waals surface area contributed by atoms with E-state index in [-0.39, 0.29) is 0 Å². The van der Waals surface area contributed by atoms with Gasteiger partial charge in [0.1, 0.15) is 0 Å². The van der Waals surface area contributed by atoms with Crippen molar-refractivity contribution in [3.63, 3.8) is 0 Å². The summed E-state index contributed by atoms with van der Waals surface area (Å²) in [6.07, 6.45) is 5.82. The normalized spacial score (nSPS) is 44.3. The van der Waals surface area contributed by atoms with E-state index in [1.807, 2.05) is 0 Å². The van der Waals surface area contributed by atoms with E-state index in [1.165, 1.54) is 32.2 Å². The van der Waals surface area contributed by atoms with Crippen molar-refractivity contribution in [1.82, 2.24) is 4.90 Å². The van der Waals surface area contributed by atoms with Gasteiger partial charge in [-0.05, 0) is 50.5 Å². The van der Waals surface area contributed by atoms with E-state index in [2.05, 4.69) is 25.8 Å². The van der Waals surface area contributed by atoms with Crippen LogP contribution in [0.5, 0.6) is 0 Å². The Morgan fingerprint density at radius 3 is 2.31 bits per heavy atom. The molecule has 2 aliphatic carbocycles. The molecule has 2 saturated carbocycles. The molecule has 1 heteroatoms. The molecular weight excluding hydrogens is 158 g/mol. The maximum absolute atomic E-state index is 2.62. The van der Waals surface area contributed by atoms with E-state index in [9.17, 15) is 0 Å². The van der Waals surface area contributed by atoms with Gasteiger partial charge < -0.3 is 4.90 Å². The van der Waals surface area contributed by atoms with E-state index in [4.69, 9.17) is 0 Å². The molecule has 0 radical (unpaired) electrons. The first-order valence-electron chi connectivity index (χ1n) is 5.87. The Morgan fingerprint density at radius 1 is 1.15 bits per heavy atom. The average molecular weight is 181 g/mol. The Hall–Kier alpha value is -0.0400. The second kappa shape index (κ2) is 3.61. The summed E-state index contributed by atoms with van der Waals surface area (Å²) in [5.74, 6) is 3.02. The van der Waals surface area contributed by atoms with Crippen LogP contribution in [0, 0.1) is 17.8 Å². The lowest BCUT2D eigenvalue weighted by Gasteiger charge is -2.24. The van der Waals surface area contributed by atoms with Crippen LogP contribution >= 0.6 is 0 Å². The summed E-state index contributed by atoms with van der Waals surface area (Å²) in [7, 11) is 2.33. The van der Waals surface area contributed by atoms with Gasteiger partial charge in [0, 0.05) is 12.6 Å². The number of nitrogens with zero attached hydrogens (tertiary/aromatic N) is 1. The van der Waals surface area contributed by atoms with Crippen molar-refractivity contribution in [2.75, 3.05) is 13.6 Å². The molecule has 0 heterocycles. The summed E-state index contributed by atoms with van der Waals surface area (Å²) in [6, 6.07) is 0.905. The lowest BCUT2D eigenvalue weighted by atomic mass is 10.1. The summed E-state index contributed by atoms with van der Waals surface area (Å²) in [5.41, 5.74) is 0. The fraction of sp³-hybridized carbons (Fsp3) is 1.00. The highest BCUT2D eigenvalue weighted by Gasteiger charge is 2.35. The van der Waals surface area contributed by atoms with Crippen LogP contribution in [-0.2, 0) is 0 Å². The largest absolute Gasteiger partial charge is 0.303 e. The van der Waals surface area contributed by atoms with Crippen LogP contribution in [0.4, 0.5) is 0 Å². The highest BCUT2D eigenvalue weighted by Crippen LogP contribution is 2.39. The standard InChI is InChI=1S/C12H23N/c1-9-4-5-12(6-9)13(3)8-11-7-10(11)2/h9-12H,4-8H2,1-3H3. The van der Waals surface area contributed by atoms with E-state index in [1.54, 1.807) is 0 Å². The summed E-state index contributed by atoms with van der Waals surface area (Å²) in [5, 5.41) is 0. The zero-order chi connectivity index (χ0) is 9.42. The molecule has 1 nitrogen and oxygen atoms in total. The predicted octanol–water partition coefficient (Wildman–Crippen LogP) is 2.76. The Kier molecular flexibility index (Phi) is 2.64. The fourth-order valence-electron chi connectivity index (χ4n) is 2.75. The minimum Gasteiger partial charge on any atom is -0.303 e. The third kappa shape index (κ3) is 2.25. The maximum atomic E-state index is 2.62. The summed E-state index contributed by atoms with van der Waals surface area (Å²) in [6.45, 7) is 6.14. The van der Waals surface area contributed by atoms with Crippen LogP contribution in [-0.4, -0.2) is 24.5 Å². The third-order valence-corrected chi connectivity index (χ3v) is 4.09. The Bertz CT molecular complexity index is 178. The van der Waals surface area contributed by atoms with E-state index in [0.29, 0.717) is 0 Å². The predicted molar refractivity (Wildman–Crippen MR) is 56.7 cm³/mol. The third-order valence-electron chi connectivity index (χ3n) is 4.09. The van der Waals surface area contributed by atoms with Crippen LogP contribution in [0.25, 0.3) is 0 Å². The van der Waals surface area contributed by atoms with Crippen LogP contribution in [0.2, 0.25) is 0 Å². The molecule has 0 aromatic carbocycles. The Balaban J connectivity index is 1.73. The molecule has 2 rings (SSSR count). The SMILES string of the molecule is CC1CCC(N(C)CC2CC2C)C1. The van der Waals surface area contributed by atoms with Gasteiger partial charge in [-0.25, -0.2) is 0 Å².